The van der Waals surface area contributed by atoms with Crippen LogP contribution < -0.4 is 10.1 Å². The van der Waals surface area contributed by atoms with Crippen LogP contribution in [-0.2, 0) is 6.18 Å². The zero-order valence-electron chi connectivity index (χ0n) is 12.3. The normalized spacial score (nSPS) is 11.0. The fraction of sp³-hybridized carbons (Fsp3) is 0.125. The fourth-order valence-corrected chi connectivity index (χ4v) is 1.88. The molecule has 0 atom stereocenters. The molecule has 0 fully saturated rings. The molecule has 2 amide bonds. The number of methoxy groups -OCH3 is 1. The van der Waals surface area contributed by atoms with Gasteiger partial charge in [0.05, 0.1) is 18.2 Å². The van der Waals surface area contributed by atoms with Crippen molar-refractivity contribution in [1.29, 1.82) is 0 Å². The molecule has 0 heterocycles. The molecule has 0 unspecified atom stereocenters. The number of phenols is 1. The molecular formula is C16H12F3NO4. The Hall–Kier alpha value is -3.03. The molecule has 0 saturated carbocycles. The number of carbonyl (C=O) groups excluding carboxylic acids is 2. The predicted molar refractivity (Wildman–Crippen MR) is 77.9 cm³/mol. The highest BCUT2D eigenvalue weighted by atomic mass is 19.4. The molecule has 0 aliphatic rings. The van der Waals surface area contributed by atoms with Crippen LogP contribution in [0.25, 0.3) is 0 Å². The number of phenolic OH excluding ortho intramolecular Hbond substituents is 1. The quantitative estimate of drug-likeness (QED) is 0.843. The van der Waals surface area contributed by atoms with Crippen LogP contribution in [-0.4, -0.2) is 24.0 Å². The first kappa shape index (κ1) is 17.3. The molecule has 2 N–H and O–H groups in total. The van der Waals surface area contributed by atoms with E-state index in [0.29, 0.717) is 5.75 Å². The lowest BCUT2D eigenvalue weighted by Crippen LogP contribution is -2.30. The third kappa shape index (κ3) is 3.83. The van der Waals surface area contributed by atoms with Crippen molar-refractivity contribution < 1.29 is 32.6 Å². The molecule has 8 heteroatoms. The summed E-state index contributed by atoms with van der Waals surface area (Å²) in [6.07, 6.45) is -4.51. The first-order valence-corrected chi connectivity index (χ1v) is 6.62. The largest absolute Gasteiger partial charge is 0.507 e. The van der Waals surface area contributed by atoms with Gasteiger partial charge in [0.2, 0.25) is 0 Å². The molecule has 0 saturated heterocycles. The van der Waals surface area contributed by atoms with E-state index in [1.54, 1.807) is 0 Å². The molecule has 0 bridgehead atoms. The van der Waals surface area contributed by atoms with Gasteiger partial charge in [0.25, 0.3) is 11.8 Å². The van der Waals surface area contributed by atoms with Crippen LogP contribution in [0.1, 0.15) is 26.3 Å². The van der Waals surface area contributed by atoms with Gasteiger partial charge in [-0.2, -0.15) is 13.2 Å². The van der Waals surface area contributed by atoms with Gasteiger partial charge in [-0.25, -0.2) is 0 Å². The minimum Gasteiger partial charge on any atom is -0.507 e. The fourth-order valence-electron chi connectivity index (χ4n) is 1.88. The Bertz CT molecular complexity index is 770. The van der Waals surface area contributed by atoms with Crippen LogP contribution in [0, 0.1) is 0 Å². The van der Waals surface area contributed by atoms with Crippen LogP contribution in [0.3, 0.4) is 0 Å². The molecule has 24 heavy (non-hydrogen) atoms. The Morgan fingerprint density at radius 3 is 2.17 bits per heavy atom. The number of alkyl halides is 3. The van der Waals surface area contributed by atoms with E-state index in [1.165, 1.54) is 25.3 Å². The smallest absolute Gasteiger partial charge is 0.416 e. The second-order valence-corrected chi connectivity index (χ2v) is 4.74. The maximum absolute atomic E-state index is 12.5. The number of hydrogen-bond acceptors (Lipinski definition) is 4. The Morgan fingerprint density at radius 1 is 1.04 bits per heavy atom. The Labute approximate surface area is 134 Å². The van der Waals surface area contributed by atoms with Crippen LogP contribution >= 0.6 is 0 Å². The van der Waals surface area contributed by atoms with Gasteiger partial charge in [-0.3, -0.25) is 14.9 Å². The van der Waals surface area contributed by atoms with Crippen molar-refractivity contribution in [3.63, 3.8) is 0 Å². The van der Waals surface area contributed by atoms with Crippen molar-refractivity contribution in [2.75, 3.05) is 7.11 Å². The van der Waals surface area contributed by atoms with E-state index >= 15 is 0 Å². The first-order chi connectivity index (χ1) is 11.2. The SMILES string of the molecule is COc1ccc(C(=O)NC(=O)c2ccc(C(F)(F)F)cc2)c(O)c1. The number of ether oxygens (including phenoxy) is 1. The zero-order valence-corrected chi connectivity index (χ0v) is 12.3. The molecule has 2 rings (SSSR count). The van der Waals surface area contributed by atoms with Gasteiger partial charge in [-0.15, -0.1) is 0 Å². The lowest BCUT2D eigenvalue weighted by molar-refractivity contribution is -0.137. The lowest BCUT2D eigenvalue weighted by atomic mass is 10.1. The Balaban J connectivity index is 2.13. The van der Waals surface area contributed by atoms with Crippen LogP contribution in [0.2, 0.25) is 0 Å². The molecule has 0 aliphatic carbocycles. The number of imide groups is 1. The van der Waals surface area contributed by atoms with Crippen molar-refractivity contribution in [3.8, 4) is 11.5 Å². The summed E-state index contributed by atoms with van der Waals surface area (Å²) in [5.74, 6) is -1.85. The summed E-state index contributed by atoms with van der Waals surface area (Å²) >= 11 is 0. The molecule has 0 aromatic heterocycles. The number of amides is 2. The van der Waals surface area contributed by atoms with E-state index in [2.05, 4.69) is 0 Å². The van der Waals surface area contributed by atoms with Crippen molar-refractivity contribution in [2.24, 2.45) is 0 Å². The summed E-state index contributed by atoms with van der Waals surface area (Å²) in [6, 6.07) is 7.26. The average Bonchev–Trinajstić information content (AvgIpc) is 2.53. The van der Waals surface area contributed by atoms with Crippen LogP contribution in [0.4, 0.5) is 13.2 Å². The predicted octanol–water partition coefficient (Wildman–Crippen LogP) is 2.99. The average molecular weight is 339 g/mol. The highest BCUT2D eigenvalue weighted by Crippen LogP contribution is 2.29. The second-order valence-electron chi connectivity index (χ2n) is 4.74. The van der Waals surface area contributed by atoms with Gasteiger partial charge in [0.15, 0.2) is 0 Å². The van der Waals surface area contributed by atoms with E-state index in [-0.39, 0.29) is 11.1 Å². The van der Waals surface area contributed by atoms with E-state index in [0.717, 1.165) is 24.3 Å². The van der Waals surface area contributed by atoms with E-state index in [1.807, 2.05) is 5.32 Å². The number of benzene rings is 2. The summed E-state index contributed by atoms with van der Waals surface area (Å²) < 4.78 is 42.3. The van der Waals surface area contributed by atoms with Gasteiger partial charge in [-0.1, -0.05) is 0 Å². The maximum Gasteiger partial charge on any atom is 0.416 e. The van der Waals surface area contributed by atoms with Crippen LogP contribution in [0.15, 0.2) is 42.5 Å². The lowest BCUT2D eigenvalue weighted by Gasteiger charge is -2.09. The van der Waals surface area contributed by atoms with Gasteiger partial charge in [0, 0.05) is 11.6 Å². The minimum atomic E-state index is -4.51. The molecule has 0 spiro atoms. The summed E-state index contributed by atoms with van der Waals surface area (Å²) in [5.41, 5.74) is -1.20. The summed E-state index contributed by atoms with van der Waals surface area (Å²) in [7, 11) is 1.38. The molecule has 0 aliphatic heterocycles. The van der Waals surface area contributed by atoms with E-state index < -0.39 is 29.3 Å². The molecule has 5 nitrogen and oxygen atoms in total. The number of halogens is 3. The second kappa shape index (κ2) is 6.61. The van der Waals surface area contributed by atoms with Gasteiger partial charge < -0.3 is 9.84 Å². The Morgan fingerprint density at radius 2 is 1.67 bits per heavy atom. The molecular weight excluding hydrogens is 327 g/mol. The number of aromatic hydroxyl groups is 1. The number of rotatable bonds is 3. The van der Waals surface area contributed by atoms with E-state index in [4.69, 9.17) is 4.74 Å². The van der Waals surface area contributed by atoms with Crippen molar-refractivity contribution in [1.82, 2.24) is 5.32 Å². The molecule has 2 aromatic carbocycles. The number of carbonyl (C=O) groups is 2. The number of nitrogens with one attached hydrogen (secondary N) is 1. The Kier molecular flexibility index (Phi) is 4.77. The molecule has 126 valence electrons. The monoisotopic (exact) mass is 339 g/mol. The topological polar surface area (TPSA) is 75.6 Å². The molecule has 2 aromatic rings. The third-order valence-electron chi connectivity index (χ3n) is 3.15. The first-order valence-electron chi connectivity index (χ1n) is 6.62. The van der Waals surface area contributed by atoms with E-state index in [9.17, 15) is 27.9 Å². The van der Waals surface area contributed by atoms with Crippen molar-refractivity contribution in [3.05, 3.63) is 59.2 Å². The summed E-state index contributed by atoms with van der Waals surface area (Å²) in [5, 5.41) is 11.7. The third-order valence-corrected chi connectivity index (χ3v) is 3.15. The van der Waals surface area contributed by atoms with Crippen LogP contribution in [0.5, 0.6) is 11.5 Å². The summed E-state index contributed by atoms with van der Waals surface area (Å²) in [4.78, 5) is 23.9. The maximum atomic E-state index is 12.5. The zero-order chi connectivity index (χ0) is 17.9. The van der Waals surface area contributed by atoms with Crippen molar-refractivity contribution >= 4 is 11.8 Å². The van der Waals surface area contributed by atoms with Gasteiger partial charge in [-0.05, 0) is 36.4 Å². The van der Waals surface area contributed by atoms with Gasteiger partial charge in [0.1, 0.15) is 11.5 Å². The minimum absolute atomic E-state index is 0.121. The standard InChI is InChI=1S/C16H12F3NO4/c1-24-11-6-7-12(13(21)8-11)15(23)20-14(22)9-2-4-10(5-3-9)16(17,18)19/h2-8,21H,1H3,(H,20,22,23). The number of hydrogen-bond donors (Lipinski definition) is 2. The summed E-state index contributed by atoms with van der Waals surface area (Å²) in [6.45, 7) is 0. The van der Waals surface area contributed by atoms with Crippen molar-refractivity contribution in [2.45, 2.75) is 6.18 Å². The van der Waals surface area contributed by atoms with Gasteiger partial charge >= 0.3 is 6.18 Å². The highest BCUT2D eigenvalue weighted by Gasteiger charge is 2.30. The molecule has 0 radical (unpaired) electrons. The highest BCUT2D eigenvalue weighted by molar-refractivity contribution is 6.11.